The summed E-state index contributed by atoms with van der Waals surface area (Å²) in [6.07, 6.45) is 4.73. The summed E-state index contributed by atoms with van der Waals surface area (Å²) in [5, 5.41) is 3.57. The Hall–Kier alpha value is -1.09. The van der Waals surface area contributed by atoms with Crippen LogP contribution >= 0.6 is 0 Å². The van der Waals surface area contributed by atoms with Crippen LogP contribution in [0.15, 0.2) is 18.2 Å². The standard InChI is InChI=1S/C17H26FNO/c1-13(2)11-19-12-17(7-4-8-17)10-14-5-6-16(20-3)15(18)9-14/h5-6,9,13,19H,4,7-8,10-12H2,1-3H3. The van der Waals surface area contributed by atoms with Gasteiger partial charge < -0.3 is 10.1 Å². The van der Waals surface area contributed by atoms with Crippen LogP contribution in [0, 0.1) is 17.2 Å². The highest BCUT2D eigenvalue weighted by molar-refractivity contribution is 5.30. The molecule has 1 N–H and O–H groups in total. The van der Waals surface area contributed by atoms with E-state index in [1.165, 1.54) is 26.4 Å². The van der Waals surface area contributed by atoms with E-state index in [1.54, 1.807) is 12.1 Å². The molecule has 0 radical (unpaired) electrons. The third kappa shape index (κ3) is 3.72. The van der Waals surface area contributed by atoms with Gasteiger partial charge >= 0.3 is 0 Å². The van der Waals surface area contributed by atoms with Gasteiger partial charge in [-0.25, -0.2) is 4.39 Å². The molecule has 112 valence electrons. The largest absolute Gasteiger partial charge is 0.494 e. The number of methoxy groups -OCH3 is 1. The van der Waals surface area contributed by atoms with Gasteiger partial charge in [0, 0.05) is 6.54 Å². The van der Waals surface area contributed by atoms with Crippen LogP contribution in [0.3, 0.4) is 0 Å². The third-order valence-corrected chi connectivity index (χ3v) is 4.26. The highest BCUT2D eigenvalue weighted by Crippen LogP contribution is 2.43. The summed E-state index contributed by atoms with van der Waals surface area (Å²) >= 11 is 0. The predicted octanol–water partition coefficient (Wildman–Crippen LogP) is 3.79. The maximum atomic E-state index is 13.8. The molecule has 1 aliphatic rings. The van der Waals surface area contributed by atoms with Crippen molar-refractivity contribution in [1.82, 2.24) is 5.32 Å². The molecule has 0 amide bonds. The fraction of sp³-hybridized carbons (Fsp3) is 0.647. The first-order valence-electron chi connectivity index (χ1n) is 7.58. The van der Waals surface area contributed by atoms with Crippen molar-refractivity contribution in [3.8, 4) is 5.75 Å². The molecular formula is C17H26FNO. The Morgan fingerprint density at radius 1 is 1.35 bits per heavy atom. The number of hydrogen-bond acceptors (Lipinski definition) is 2. The minimum absolute atomic E-state index is 0.255. The summed E-state index contributed by atoms with van der Waals surface area (Å²) in [5.74, 6) is 0.745. The normalized spacial score (nSPS) is 17.1. The Labute approximate surface area is 121 Å². The molecule has 3 heteroatoms. The number of hydrogen-bond donors (Lipinski definition) is 1. The molecule has 2 nitrogen and oxygen atoms in total. The second-order valence-corrected chi connectivity index (χ2v) is 6.52. The first kappa shape index (κ1) is 15.3. The van der Waals surface area contributed by atoms with Gasteiger partial charge in [0.2, 0.25) is 0 Å². The lowest BCUT2D eigenvalue weighted by Crippen LogP contribution is -2.42. The Kier molecular flexibility index (Phi) is 5.03. The van der Waals surface area contributed by atoms with E-state index >= 15 is 0 Å². The zero-order valence-electron chi connectivity index (χ0n) is 12.8. The SMILES string of the molecule is COc1ccc(CC2(CNCC(C)C)CCC2)cc1F. The first-order chi connectivity index (χ1) is 9.54. The summed E-state index contributed by atoms with van der Waals surface area (Å²) in [6.45, 7) is 6.54. The number of benzene rings is 1. The van der Waals surface area contributed by atoms with Gasteiger partial charge in [-0.1, -0.05) is 26.3 Å². The van der Waals surface area contributed by atoms with Gasteiger partial charge in [-0.15, -0.1) is 0 Å². The van der Waals surface area contributed by atoms with Crippen molar-refractivity contribution in [3.05, 3.63) is 29.6 Å². The van der Waals surface area contributed by atoms with E-state index in [2.05, 4.69) is 19.2 Å². The van der Waals surface area contributed by atoms with E-state index in [-0.39, 0.29) is 5.82 Å². The molecule has 0 atom stereocenters. The maximum Gasteiger partial charge on any atom is 0.165 e. The van der Waals surface area contributed by atoms with E-state index in [1.807, 2.05) is 6.07 Å². The van der Waals surface area contributed by atoms with Gasteiger partial charge in [0.25, 0.3) is 0 Å². The molecule has 0 aliphatic heterocycles. The molecule has 20 heavy (non-hydrogen) atoms. The molecule has 1 fully saturated rings. The minimum Gasteiger partial charge on any atom is -0.494 e. The van der Waals surface area contributed by atoms with Crippen molar-refractivity contribution >= 4 is 0 Å². The van der Waals surface area contributed by atoms with Crippen molar-refractivity contribution in [1.29, 1.82) is 0 Å². The quantitative estimate of drug-likeness (QED) is 0.820. The van der Waals surface area contributed by atoms with E-state index in [0.717, 1.165) is 25.1 Å². The molecule has 0 spiro atoms. The van der Waals surface area contributed by atoms with Gasteiger partial charge in [0.05, 0.1) is 7.11 Å². The van der Waals surface area contributed by atoms with Crippen molar-refractivity contribution in [2.24, 2.45) is 11.3 Å². The van der Waals surface area contributed by atoms with Crippen LogP contribution in [0.4, 0.5) is 4.39 Å². The lowest BCUT2D eigenvalue weighted by Gasteiger charge is -2.42. The molecular weight excluding hydrogens is 253 g/mol. The summed E-state index contributed by atoms with van der Waals surface area (Å²) in [7, 11) is 1.50. The van der Waals surface area contributed by atoms with E-state index < -0.39 is 0 Å². The Balaban J connectivity index is 1.97. The number of nitrogens with one attached hydrogen (secondary N) is 1. The van der Waals surface area contributed by atoms with Crippen LogP contribution in [-0.2, 0) is 6.42 Å². The first-order valence-corrected chi connectivity index (χ1v) is 7.58. The second-order valence-electron chi connectivity index (χ2n) is 6.52. The van der Waals surface area contributed by atoms with Gasteiger partial charge in [-0.05, 0) is 54.8 Å². The van der Waals surface area contributed by atoms with Crippen molar-refractivity contribution in [3.63, 3.8) is 0 Å². The zero-order valence-corrected chi connectivity index (χ0v) is 12.8. The van der Waals surface area contributed by atoms with Crippen LogP contribution in [0.1, 0.15) is 38.7 Å². The number of halogens is 1. The summed E-state index contributed by atoms with van der Waals surface area (Å²) in [5.41, 5.74) is 1.41. The molecule has 1 aromatic rings. The van der Waals surface area contributed by atoms with E-state index in [4.69, 9.17) is 4.74 Å². The van der Waals surface area contributed by atoms with Crippen LogP contribution < -0.4 is 10.1 Å². The highest BCUT2D eigenvalue weighted by atomic mass is 19.1. The highest BCUT2D eigenvalue weighted by Gasteiger charge is 2.36. The Morgan fingerprint density at radius 3 is 2.60 bits per heavy atom. The molecule has 0 saturated heterocycles. The molecule has 0 bridgehead atoms. The molecule has 1 saturated carbocycles. The minimum atomic E-state index is -0.255. The van der Waals surface area contributed by atoms with E-state index in [0.29, 0.717) is 17.1 Å². The zero-order chi connectivity index (χ0) is 14.6. The second kappa shape index (κ2) is 6.57. The molecule has 0 aromatic heterocycles. The van der Waals surface area contributed by atoms with Gasteiger partial charge in [-0.3, -0.25) is 0 Å². The predicted molar refractivity (Wildman–Crippen MR) is 80.6 cm³/mol. The van der Waals surface area contributed by atoms with Gasteiger partial charge in [-0.2, -0.15) is 0 Å². The average Bonchev–Trinajstić information content (AvgIpc) is 2.35. The number of rotatable bonds is 7. The summed E-state index contributed by atoms with van der Waals surface area (Å²) < 4.78 is 18.7. The average molecular weight is 279 g/mol. The maximum absolute atomic E-state index is 13.8. The summed E-state index contributed by atoms with van der Waals surface area (Å²) in [6, 6.07) is 5.35. The molecule has 1 aliphatic carbocycles. The van der Waals surface area contributed by atoms with Crippen LogP contribution in [0.2, 0.25) is 0 Å². The molecule has 0 heterocycles. The van der Waals surface area contributed by atoms with Crippen LogP contribution in [-0.4, -0.2) is 20.2 Å². The monoisotopic (exact) mass is 279 g/mol. The lowest BCUT2D eigenvalue weighted by molar-refractivity contribution is 0.129. The topological polar surface area (TPSA) is 21.3 Å². The Bertz CT molecular complexity index is 441. The molecule has 1 aromatic carbocycles. The summed E-state index contributed by atoms with van der Waals surface area (Å²) in [4.78, 5) is 0. The fourth-order valence-electron chi connectivity index (χ4n) is 2.97. The fourth-order valence-corrected chi connectivity index (χ4v) is 2.97. The van der Waals surface area contributed by atoms with Crippen LogP contribution in [0.5, 0.6) is 5.75 Å². The van der Waals surface area contributed by atoms with Crippen LogP contribution in [0.25, 0.3) is 0 Å². The van der Waals surface area contributed by atoms with Gasteiger partial charge in [0.15, 0.2) is 11.6 Å². The smallest absolute Gasteiger partial charge is 0.165 e. The van der Waals surface area contributed by atoms with Gasteiger partial charge in [0.1, 0.15) is 0 Å². The Morgan fingerprint density at radius 2 is 2.10 bits per heavy atom. The van der Waals surface area contributed by atoms with E-state index in [9.17, 15) is 4.39 Å². The van der Waals surface area contributed by atoms with Crippen molar-refractivity contribution in [2.75, 3.05) is 20.2 Å². The third-order valence-electron chi connectivity index (χ3n) is 4.26. The van der Waals surface area contributed by atoms with Crippen molar-refractivity contribution in [2.45, 2.75) is 39.5 Å². The molecule has 0 unspecified atom stereocenters. The van der Waals surface area contributed by atoms with Crippen molar-refractivity contribution < 1.29 is 9.13 Å². The number of ether oxygens (including phenoxy) is 1. The molecule has 2 rings (SSSR count). The lowest BCUT2D eigenvalue weighted by atomic mass is 9.65.